The molecule has 0 atom stereocenters. The summed E-state index contributed by atoms with van der Waals surface area (Å²) < 4.78 is 4.89. The Bertz CT molecular complexity index is 2620. The lowest BCUT2D eigenvalue weighted by Crippen LogP contribution is -2.17. The fraction of sp³-hybridized carbons (Fsp3) is 0.125. The van der Waals surface area contributed by atoms with Gasteiger partial charge in [0.25, 0.3) is 0 Å². The first-order valence-electron chi connectivity index (χ1n) is 17.8. The number of benzene rings is 7. The standard InChI is InChI=1S/C48H36N2/c1-47(2)39-25-29(49-43-17-9-5-13-33(43)34-14-6-10-18-44(34)49)21-23-31(39)37-28-42-38(27-41(37)47)32-24-22-30(26-40(32)48(42,3)4)50-45-19-11-7-15-35(45)36-16-8-12-20-46(36)50/h5-28H,1-4H3. The van der Waals surface area contributed by atoms with Crippen LogP contribution in [0.25, 0.3) is 77.2 Å². The monoisotopic (exact) mass is 640 g/mol. The predicted octanol–water partition coefficient (Wildman–Crippen LogP) is 12.5. The van der Waals surface area contributed by atoms with E-state index in [0.29, 0.717) is 0 Å². The van der Waals surface area contributed by atoms with E-state index in [1.54, 1.807) is 0 Å². The number of para-hydroxylation sites is 4. The summed E-state index contributed by atoms with van der Waals surface area (Å²) in [5.41, 5.74) is 18.3. The lowest BCUT2D eigenvalue weighted by Gasteiger charge is -2.24. The van der Waals surface area contributed by atoms with Gasteiger partial charge in [0.15, 0.2) is 0 Å². The van der Waals surface area contributed by atoms with E-state index in [1.165, 1.54) is 99.5 Å². The van der Waals surface area contributed by atoms with Crippen LogP contribution in [0, 0.1) is 0 Å². The van der Waals surface area contributed by atoms with E-state index >= 15 is 0 Å². The van der Waals surface area contributed by atoms with Crippen molar-refractivity contribution in [3.8, 4) is 33.6 Å². The third kappa shape index (κ3) is 3.43. The van der Waals surface area contributed by atoms with Gasteiger partial charge in [-0.05, 0) is 105 Å². The molecule has 7 aromatic carbocycles. The third-order valence-corrected chi connectivity index (χ3v) is 12.1. The Balaban J connectivity index is 1.07. The number of aromatic nitrogens is 2. The molecule has 0 saturated heterocycles. The van der Waals surface area contributed by atoms with Crippen LogP contribution in [0.15, 0.2) is 146 Å². The maximum absolute atomic E-state index is 2.53. The first-order valence-corrected chi connectivity index (χ1v) is 17.8. The highest BCUT2D eigenvalue weighted by atomic mass is 15.0. The molecule has 50 heavy (non-hydrogen) atoms. The summed E-state index contributed by atoms with van der Waals surface area (Å²) in [5, 5.41) is 5.18. The Kier molecular flexibility index (Phi) is 5.28. The molecule has 2 nitrogen and oxygen atoms in total. The number of hydrogen-bond donors (Lipinski definition) is 0. The molecule has 0 saturated carbocycles. The Labute approximate surface area is 291 Å². The summed E-state index contributed by atoms with van der Waals surface area (Å²) in [5.74, 6) is 0. The molecule has 11 rings (SSSR count). The molecule has 2 aliphatic carbocycles. The first kappa shape index (κ1) is 28.0. The normalized spacial score (nSPS) is 15.1. The Morgan fingerprint density at radius 1 is 0.320 bits per heavy atom. The molecule has 2 aromatic heterocycles. The van der Waals surface area contributed by atoms with Crippen LogP contribution in [0.4, 0.5) is 0 Å². The molecule has 0 bridgehead atoms. The highest BCUT2D eigenvalue weighted by molar-refractivity contribution is 6.10. The fourth-order valence-electron chi connectivity index (χ4n) is 9.62. The largest absolute Gasteiger partial charge is 0.309 e. The Morgan fingerprint density at radius 3 is 0.960 bits per heavy atom. The topological polar surface area (TPSA) is 9.86 Å². The van der Waals surface area contributed by atoms with E-state index in [9.17, 15) is 0 Å². The van der Waals surface area contributed by atoms with Crippen molar-refractivity contribution < 1.29 is 0 Å². The molecule has 2 heteroatoms. The molecule has 0 N–H and O–H groups in total. The van der Waals surface area contributed by atoms with Gasteiger partial charge in [0, 0.05) is 43.7 Å². The van der Waals surface area contributed by atoms with Crippen molar-refractivity contribution in [2.45, 2.75) is 38.5 Å². The van der Waals surface area contributed by atoms with Crippen molar-refractivity contribution in [1.29, 1.82) is 0 Å². The molecule has 0 radical (unpaired) electrons. The first-order chi connectivity index (χ1) is 24.3. The van der Waals surface area contributed by atoms with Crippen molar-refractivity contribution in [3.63, 3.8) is 0 Å². The molecule has 0 fully saturated rings. The van der Waals surface area contributed by atoms with Gasteiger partial charge in [0.2, 0.25) is 0 Å². The van der Waals surface area contributed by atoms with Crippen LogP contribution < -0.4 is 0 Å². The predicted molar refractivity (Wildman–Crippen MR) is 210 cm³/mol. The summed E-state index contributed by atoms with van der Waals surface area (Å²) in [6.45, 7) is 9.64. The number of fused-ring (bicyclic) bond motifs is 12. The maximum Gasteiger partial charge on any atom is 0.0541 e. The average Bonchev–Trinajstić information content (AvgIpc) is 3.80. The molecule has 0 unspecified atom stereocenters. The van der Waals surface area contributed by atoms with E-state index in [4.69, 9.17) is 0 Å². The van der Waals surface area contributed by atoms with Crippen LogP contribution in [0.1, 0.15) is 49.9 Å². The molecule has 0 amide bonds. The van der Waals surface area contributed by atoms with Gasteiger partial charge < -0.3 is 9.13 Å². The number of nitrogens with zero attached hydrogens (tertiary/aromatic N) is 2. The zero-order valence-electron chi connectivity index (χ0n) is 28.8. The molecular weight excluding hydrogens is 605 g/mol. The molecule has 238 valence electrons. The van der Waals surface area contributed by atoms with Crippen LogP contribution in [0.3, 0.4) is 0 Å². The molecule has 2 heterocycles. The minimum atomic E-state index is -0.135. The second-order valence-electron chi connectivity index (χ2n) is 15.4. The number of hydrogen-bond acceptors (Lipinski definition) is 0. The van der Waals surface area contributed by atoms with Crippen LogP contribution in [-0.4, -0.2) is 9.13 Å². The minimum Gasteiger partial charge on any atom is -0.309 e. The van der Waals surface area contributed by atoms with E-state index < -0.39 is 0 Å². The fourth-order valence-corrected chi connectivity index (χ4v) is 9.62. The summed E-state index contributed by atoms with van der Waals surface area (Å²) >= 11 is 0. The molecule has 2 aliphatic rings. The van der Waals surface area contributed by atoms with Crippen molar-refractivity contribution in [1.82, 2.24) is 9.13 Å². The number of rotatable bonds is 2. The van der Waals surface area contributed by atoms with E-state index in [1.807, 2.05) is 0 Å². The quantitative estimate of drug-likeness (QED) is 0.178. The lowest BCUT2D eigenvalue weighted by molar-refractivity contribution is 0.651. The Morgan fingerprint density at radius 2 is 0.620 bits per heavy atom. The van der Waals surface area contributed by atoms with Gasteiger partial charge >= 0.3 is 0 Å². The van der Waals surface area contributed by atoms with Crippen molar-refractivity contribution in [2.24, 2.45) is 0 Å². The second kappa shape index (κ2) is 9.43. The van der Waals surface area contributed by atoms with E-state index in [2.05, 4.69) is 182 Å². The van der Waals surface area contributed by atoms with Gasteiger partial charge in [0.05, 0.1) is 22.1 Å². The van der Waals surface area contributed by atoms with Crippen LogP contribution in [-0.2, 0) is 10.8 Å². The highest BCUT2D eigenvalue weighted by Crippen LogP contribution is 2.56. The van der Waals surface area contributed by atoms with E-state index in [-0.39, 0.29) is 10.8 Å². The van der Waals surface area contributed by atoms with Gasteiger partial charge in [0.1, 0.15) is 0 Å². The van der Waals surface area contributed by atoms with Gasteiger partial charge in [-0.3, -0.25) is 0 Å². The van der Waals surface area contributed by atoms with Crippen molar-refractivity contribution >= 4 is 43.6 Å². The van der Waals surface area contributed by atoms with Crippen LogP contribution in [0.2, 0.25) is 0 Å². The van der Waals surface area contributed by atoms with Crippen molar-refractivity contribution in [2.75, 3.05) is 0 Å². The summed E-state index contributed by atoms with van der Waals surface area (Å²) in [4.78, 5) is 0. The van der Waals surface area contributed by atoms with Crippen LogP contribution in [0.5, 0.6) is 0 Å². The third-order valence-electron chi connectivity index (χ3n) is 12.1. The van der Waals surface area contributed by atoms with Crippen LogP contribution >= 0.6 is 0 Å². The highest BCUT2D eigenvalue weighted by Gasteiger charge is 2.42. The van der Waals surface area contributed by atoms with E-state index in [0.717, 1.165) is 0 Å². The van der Waals surface area contributed by atoms with Gasteiger partial charge in [-0.1, -0.05) is 113 Å². The lowest BCUT2D eigenvalue weighted by atomic mass is 9.79. The summed E-state index contributed by atoms with van der Waals surface area (Å²) in [6.07, 6.45) is 0. The second-order valence-corrected chi connectivity index (χ2v) is 15.4. The maximum atomic E-state index is 2.53. The van der Waals surface area contributed by atoms with Gasteiger partial charge in [-0.15, -0.1) is 0 Å². The van der Waals surface area contributed by atoms with Gasteiger partial charge in [-0.2, -0.15) is 0 Å². The zero-order chi connectivity index (χ0) is 33.5. The zero-order valence-corrected chi connectivity index (χ0v) is 28.8. The SMILES string of the molecule is CC1(C)c2cc(-n3c4ccccc4c4ccccc43)ccc2-c2cc3c(cc21)-c1ccc(-n2c4ccccc4c4ccccc42)cc1C3(C)C. The Hall–Kier alpha value is -5.86. The molecule has 0 aliphatic heterocycles. The minimum absolute atomic E-state index is 0.135. The molecule has 0 spiro atoms. The molecule has 9 aromatic rings. The summed E-state index contributed by atoms with van der Waals surface area (Å²) in [7, 11) is 0. The molecular formula is C48H36N2. The average molecular weight is 641 g/mol. The van der Waals surface area contributed by atoms with Crippen molar-refractivity contribution in [3.05, 3.63) is 168 Å². The summed E-state index contributed by atoms with van der Waals surface area (Å²) in [6, 6.07) is 54.5. The van der Waals surface area contributed by atoms with Gasteiger partial charge in [-0.25, -0.2) is 0 Å². The smallest absolute Gasteiger partial charge is 0.0541 e.